The Kier molecular flexibility index (Phi) is 5.82. The number of methoxy groups -OCH3 is 1. The van der Waals surface area contributed by atoms with Crippen molar-refractivity contribution in [2.75, 3.05) is 7.11 Å². The molecule has 0 atom stereocenters. The quantitative estimate of drug-likeness (QED) is 0.874. The van der Waals surface area contributed by atoms with E-state index in [0.717, 1.165) is 37.0 Å². The molecule has 0 bridgehead atoms. The van der Waals surface area contributed by atoms with E-state index < -0.39 is 0 Å². The van der Waals surface area contributed by atoms with Crippen molar-refractivity contribution < 1.29 is 14.3 Å². The van der Waals surface area contributed by atoms with Crippen LogP contribution < -0.4 is 14.8 Å². The van der Waals surface area contributed by atoms with Gasteiger partial charge in [0.25, 0.3) is 0 Å². The molecule has 1 heterocycles. The summed E-state index contributed by atoms with van der Waals surface area (Å²) in [5, 5.41) is 3.12. The van der Waals surface area contributed by atoms with E-state index >= 15 is 0 Å². The van der Waals surface area contributed by atoms with Gasteiger partial charge in [0, 0.05) is 18.4 Å². The summed E-state index contributed by atoms with van der Waals surface area (Å²) < 4.78 is 11.0. The predicted molar refractivity (Wildman–Crippen MR) is 93.5 cm³/mol. The van der Waals surface area contributed by atoms with Crippen LogP contribution in [0.1, 0.15) is 31.2 Å². The second-order valence-corrected chi connectivity index (χ2v) is 6.22. The summed E-state index contributed by atoms with van der Waals surface area (Å²) in [6.45, 7) is 0. The van der Waals surface area contributed by atoms with Gasteiger partial charge in [0.05, 0.1) is 13.5 Å². The highest BCUT2D eigenvalue weighted by Gasteiger charge is 2.24. The zero-order valence-corrected chi connectivity index (χ0v) is 14.4. The number of amides is 1. The molecule has 2 aromatic rings. The van der Waals surface area contributed by atoms with Gasteiger partial charge >= 0.3 is 6.01 Å². The van der Waals surface area contributed by atoms with Crippen LogP contribution in [0.3, 0.4) is 0 Å². The van der Waals surface area contributed by atoms with Crippen molar-refractivity contribution in [3.05, 3.63) is 48.3 Å². The molecule has 1 aliphatic rings. The number of hydrogen-bond donors (Lipinski definition) is 1. The highest BCUT2D eigenvalue weighted by atomic mass is 16.5. The van der Waals surface area contributed by atoms with Crippen LogP contribution >= 0.6 is 0 Å². The van der Waals surface area contributed by atoms with Crippen LogP contribution in [0.2, 0.25) is 0 Å². The molecular weight excluding hydrogens is 318 g/mol. The molecule has 0 saturated heterocycles. The Balaban J connectivity index is 1.43. The van der Waals surface area contributed by atoms with E-state index in [9.17, 15) is 4.79 Å². The molecule has 25 heavy (non-hydrogen) atoms. The lowest BCUT2D eigenvalue weighted by molar-refractivity contribution is -0.121. The van der Waals surface area contributed by atoms with Crippen LogP contribution in [-0.2, 0) is 11.2 Å². The van der Waals surface area contributed by atoms with Crippen LogP contribution in [0.15, 0.2) is 42.7 Å². The lowest BCUT2D eigenvalue weighted by Crippen LogP contribution is -2.40. The fraction of sp³-hybridized carbons (Fsp3) is 0.421. The number of aromatic nitrogens is 2. The standard InChI is InChI=1S/C19H23N3O3/c1-24-17-5-2-4-14(12-17)13-18(23)22-15-6-8-16(9-7-15)25-19-20-10-3-11-21-19/h2-5,10-12,15-16H,6-9,13H2,1H3,(H,22,23). The first kappa shape index (κ1) is 17.2. The highest BCUT2D eigenvalue weighted by molar-refractivity contribution is 5.79. The number of carbonyl (C=O) groups excluding carboxylic acids is 1. The molecule has 6 heteroatoms. The second kappa shape index (κ2) is 8.46. The Morgan fingerprint density at radius 3 is 2.64 bits per heavy atom. The van der Waals surface area contributed by atoms with E-state index in [1.54, 1.807) is 25.6 Å². The third kappa shape index (κ3) is 5.17. The summed E-state index contributed by atoms with van der Waals surface area (Å²) in [5.41, 5.74) is 0.954. The van der Waals surface area contributed by atoms with Gasteiger partial charge in [-0.3, -0.25) is 4.79 Å². The normalized spacial score (nSPS) is 19.9. The zero-order chi connectivity index (χ0) is 17.5. The predicted octanol–water partition coefficient (Wildman–Crippen LogP) is 2.53. The SMILES string of the molecule is COc1cccc(CC(=O)NC2CCC(Oc3ncccn3)CC2)c1. The molecule has 0 unspecified atom stereocenters. The van der Waals surface area contributed by atoms with E-state index in [1.807, 2.05) is 24.3 Å². The van der Waals surface area contributed by atoms with Crippen molar-refractivity contribution in [1.82, 2.24) is 15.3 Å². The van der Waals surface area contributed by atoms with Crippen molar-refractivity contribution in [1.29, 1.82) is 0 Å². The summed E-state index contributed by atoms with van der Waals surface area (Å²) in [7, 11) is 1.63. The first-order chi connectivity index (χ1) is 12.2. The van der Waals surface area contributed by atoms with Crippen molar-refractivity contribution in [2.24, 2.45) is 0 Å². The molecular formula is C19H23N3O3. The summed E-state index contributed by atoms with van der Waals surface area (Å²) in [5.74, 6) is 0.815. The Morgan fingerprint density at radius 1 is 1.16 bits per heavy atom. The van der Waals surface area contributed by atoms with E-state index in [-0.39, 0.29) is 18.1 Å². The molecule has 0 radical (unpaired) electrons. The molecule has 1 N–H and O–H groups in total. The van der Waals surface area contributed by atoms with Crippen molar-refractivity contribution in [3.8, 4) is 11.8 Å². The monoisotopic (exact) mass is 341 g/mol. The third-order valence-corrected chi connectivity index (χ3v) is 4.35. The summed E-state index contributed by atoms with van der Waals surface area (Å²) >= 11 is 0. The van der Waals surface area contributed by atoms with Gasteiger partial charge in [0.1, 0.15) is 11.9 Å². The summed E-state index contributed by atoms with van der Waals surface area (Å²) in [4.78, 5) is 20.4. The second-order valence-electron chi connectivity index (χ2n) is 6.22. The summed E-state index contributed by atoms with van der Waals surface area (Å²) in [6.07, 6.45) is 7.42. The molecule has 1 aromatic heterocycles. The zero-order valence-electron chi connectivity index (χ0n) is 14.4. The number of hydrogen-bond acceptors (Lipinski definition) is 5. The number of nitrogens with zero attached hydrogens (tertiary/aromatic N) is 2. The first-order valence-electron chi connectivity index (χ1n) is 8.59. The van der Waals surface area contributed by atoms with E-state index in [4.69, 9.17) is 9.47 Å². The highest BCUT2D eigenvalue weighted by Crippen LogP contribution is 2.22. The molecule has 0 aliphatic heterocycles. The Hall–Kier alpha value is -2.63. The number of carbonyl (C=O) groups is 1. The average molecular weight is 341 g/mol. The van der Waals surface area contributed by atoms with Gasteiger partial charge in [-0.1, -0.05) is 12.1 Å². The van der Waals surface area contributed by atoms with Crippen LogP contribution in [0.5, 0.6) is 11.8 Å². The fourth-order valence-electron chi connectivity index (χ4n) is 3.07. The van der Waals surface area contributed by atoms with Crippen molar-refractivity contribution in [2.45, 2.75) is 44.2 Å². The summed E-state index contributed by atoms with van der Waals surface area (Å²) in [6, 6.07) is 10.00. The Bertz CT molecular complexity index is 685. The molecule has 1 aliphatic carbocycles. The maximum absolute atomic E-state index is 12.2. The van der Waals surface area contributed by atoms with Gasteiger partial charge in [-0.15, -0.1) is 0 Å². The van der Waals surface area contributed by atoms with Crippen LogP contribution in [0.25, 0.3) is 0 Å². The average Bonchev–Trinajstić information content (AvgIpc) is 2.64. The van der Waals surface area contributed by atoms with E-state index in [2.05, 4.69) is 15.3 Å². The minimum absolute atomic E-state index is 0.0454. The molecule has 132 valence electrons. The van der Waals surface area contributed by atoms with Crippen molar-refractivity contribution >= 4 is 5.91 Å². The van der Waals surface area contributed by atoms with Crippen LogP contribution in [0.4, 0.5) is 0 Å². The molecule has 1 saturated carbocycles. The van der Waals surface area contributed by atoms with E-state index in [1.165, 1.54) is 0 Å². The van der Waals surface area contributed by atoms with Gasteiger partial charge in [-0.25, -0.2) is 9.97 Å². The largest absolute Gasteiger partial charge is 0.497 e. The molecule has 1 aromatic carbocycles. The minimum Gasteiger partial charge on any atom is -0.497 e. The number of rotatable bonds is 6. The lowest BCUT2D eigenvalue weighted by atomic mass is 9.93. The number of ether oxygens (including phenoxy) is 2. The Labute approximate surface area is 147 Å². The number of benzene rings is 1. The maximum atomic E-state index is 12.2. The minimum atomic E-state index is 0.0454. The molecule has 1 amide bonds. The Morgan fingerprint density at radius 2 is 1.92 bits per heavy atom. The van der Waals surface area contributed by atoms with Gasteiger partial charge in [0.15, 0.2) is 0 Å². The maximum Gasteiger partial charge on any atom is 0.316 e. The van der Waals surface area contributed by atoms with Gasteiger partial charge in [0.2, 0.25) is 5.91 Å². The first-order valence-corrected chi connectivity index (χ1v) is 8.59. The third-order valence-electron chi connectivity index (χ3n) is 4.35. The number of nitrogens with one attached hydrogen (secondary N) is 1. The van der Waals surface area contributed by atoms with Crippen LogP contribution in [-0.4, -0.2) is 35.1 Å². The molecule has 3 rings (SSSR count). The van der Waals surface area contributed by atoms with Crippen molar-refractivity contribution in [3.63, 3.8) is 0 Å². The topological polar surface area (TPSA) is 73.3 Å². The van der Waals surface area contributed by atoms with Crippen LogP contribution in [0, 0.1) is 0 Å². The molecule has 1 fully saturated rings. The molecule has 6 nitrogen and oxygen atoms in total. The molecule has 0 spiro atoms. The lowest BCUT2D eigenvalue weighted by Gasteiger charge is -2.28. The van der Waals surface area contributed by atoms with E-state index in [0.29, 0.717) is 12.4 Å². The smallest absolute Gasteiger partial charge is 0.316 e. The fourth-order valence-corrected chi connectivity index (χ4v) is 3.07. The van der Waals surface area contributed by atoms with Gasteiger partial charge in [-0.2, -0.15) is 0 Å². The van der Waals surface area contributed by atoms with Gasteiger partial charge in [-0.05, 0) is 49.4 Å². The van der Waals surface area contributed by atoms with Gasteiger partial charge < -0.3 is 14.8 Å².